The number of fused-ring (bicyclic) bond motifs is 1. The van der Waals surface area contributed by atoms with Crippen LogP contribution in [0.4, 0.5) is 5.69 Å². The minimum atomic E-state index is -1.38. The molecule has 2 fully saturated rings. The minimum Gasteiger partial charge on any atom is -0.497 e. The maximum Gasteiger partial charge on any atom is 0.326 e. The number of thioether (sulfide) groups is 1. The van der Waals surface area contributed by atoms with E-state index in [9.17, 15) is 14.4 Å². The van der Waals surface area contributed by atoms with Crippen LogP contribution in [0.5, 0.6) is 17.2 Å². The zero-order chi connectivity index (χ0) is 26.7. The van der Waals surface area contributed by atoms with E-state index in [1.165, 1.54) is 19.1 Å². The van der Waals surface area contributed by atoms with Crippen LogP contribution < -0.4 is 24.4 Å². The Hall–Kier alpha value is -3.24. The molecule has 2 aromatic carbocycles. The number of methoxy groups -OCH3 is 3. The quantitative estimate of drug-likeness (QED) is 0.368. The summed E-state index contributed by atoms with van der Waals surface area (Å²) in [5.41, 5.74) is -0.301. The second-order valence-corrected chi connectivity index (χ2v) is 9.86. The largest absolute Gasteiger partial charge is 0.497 e. The molecule has 2 saturated heterocycles. The highest BCUT2D eigenvalue weighted by Gasteiger charge is 2.69. The molecular formula is C27H32N2O7S. The van der Waals surface area contributed by atoms with Crippen LogP contribution in [-0.2, 0) is 19.1 Å². The van der Waals surface area contributed by atoms with Gasteiger partial charge in [-0.15, -0.1) is 0 Å². The molecule has 2 aliphatic heterocycles. The predicted octanol–water partition coefficient (Wildman–Crippen LogP) is 3.22. The zero-order valence-electron chi connectivity index (χ0n) is 21.6. The maximum atomic E-state index is 14.0. The van der Waals surface area contributed by atoms with Gasteiger partial charge in [-0.1, -0.05) is 6.07 Å². The first-order valence-corrected chi connectivity index (χ1v) is 13.4. The van der Waals surface area contributed by atoms with Gasteiger partial charge in [-0.3, -0.25) is 19.7 Å². The van der Waals surface area contributed by atoms with E-state index in [1.807, 2.05) is 13.2 Å². The lowest BCUT2D eigenvalue weighted by molar-refractivity contribution is -0.152. The van der Waals surface area contributed by atoms with Crippen molar-refractivity contribution in [3.05, 3.63) is 48.0 Å². The number of hydrogen-bond acceptors (Lipinski definition) is 9. The highest BCUT2D eigenvalue weighted by Crippen LogP contribution is 2.53. The Morgan fingerprint density at radius 3 is 2.32 bits per heavy atom. The first-order valence-electron chi connectivity index (χ1n) is 12.0. The molecule has 0 bridgehead atoms. The Balaban J connectivity index is 1.85. The molecule has 198 valence electrons. The zero-order valence-corrected chi connectivity index (χ0v) is 22.4. The second-order valence-electron chi connectivity index (χ2n) is 8.88. The van der Waals surface area contributed by atoms with Gasteiger partial charge in [0.2, 0.25) is 11.8 Å². The van der Waals surface area contributed by atoms with Crippen LogP contribution in [0.2, 0.25) is 0 Å². The van der Waals surface area contributed by atoms with Crippen LogP contribution in [0.25, 0.3) is 0 Å². The molecule has 0 aromatic heterocycles. The van der Waals surface area contributed by atoms with Gasteiger partial charge < -0.3 is 18.9 Å². The molecule has 2 aliphatic rings. The van der Waals surface area contributed by atoms with Gasteiger partial charge in [0.25, 0.3) is 0 Å². The van der Waals surface area contributed by atoms with Gasteiger partial charge in [-0.2, -0.15) is 11.8 Å². The van der Waals surface area contributed by atoms with Gasteiger partial charge >= 0.3 is 5.97 Å². The summed E-state index contributed by atoms with van der Waals surface area (Å²) in [7, 11) is 4.38. The number of nitrogens with one attached hydrogen (secondary N) is 1. The summed E-state index contributed by atoms with van der Waals surface area (Å²) in [6, 6.07) is 11.4. The molecule has 2 amide bonds. The number of carbonyl (C=O) groups excluding carboxylic acids is 3. The Bertz CT molecular complexity index is 1170. The van der Waals surface area contributed by atoms with E-state index in [1.54, 1.807) is 61.3 Å². The maximum absolute atomic E-state index is 14.0. The van der Waals surface area contributed by atoms with Gasteiger partial charge in [0, 0.05) is 17.7 Å². The number of anilines is 1. The highest BCUT2D eigenvalue weighted by molar-refractivity contribution is 7.98. The van der Waals surface area contributed by atoms with Crippen molar-refractivity contribution < 1.29 is 33.3 Å². The van der Waals surface area contributed by atoms with Gasteiger partial charge in [0.05, 0.1) is 45.5 Å². The molecule has 2 aromatic rings. The van der Waals surface area contributed by atoms with Crippen LogP contribution in [0.1, 0.15) is 24.9 Å². The lowest BCUT2D eigenvalue weighted by atomic mass is 9.77. The Kier molecular flexibility index (Phi) is 7.99. The minimum absolute atomic E-state index is 0.313. The number of imide groups is 1. The fourth-order valence-electron chi connectivity index (χ4n) is 5.42. The van der Waals surface area contributed by atoms with Crippen molar-refractivity contribution in [3.63, 3.8) is 0 Å². The first-order chi connectivity index (χ1) is 17.9. The SMILES string of the molecule is CCOc1ccc(N2C(=O)[C@@H]3[C@@H](c4ccc(OC)cc4OC)N[C@@](CCSC)(C(=O)OC)[C@@H]3C2=O)cc1. The van der Waals surface area contributed by atoms with Crippen molar-refractivity contribution in [2.75, 3.05) is 44.8 Å². The van der Waals surface area contributed by atoms with Crippen molar-refractivity contribution in [2.24, 2.45) is 11.8 Å². The molecule has 0 saturated carbocycles. The van der Waals surface area contributed by atoms with Gasteiger partial charge in [-0.25, -0.2) is 4.90 Å². The second kappa shape index (κ2) is 11.0. The first kappa shape index (κ1) is 26.8. The van der Waals surface area contributed by atoms with Gasteiger partial charge in [-0.05, 0) is 55.7 Å². The number of hydrogen-bond donors (Lipinski definition) is 1. The van der Waals surface area contributed by atoms with E-state index in [2.05, 4.69) is 5.32 Å². The van der Waals surface area contributed by atoms with Crippen LogP contribution in [0.15, 0.2) is 42.5 Å². The molecule has 2 heterocycles. The van der Waals surface area contributed by atoms with Crippen LogP contribution in [0, 0.1) is 11.8 Å². The summed E-state index contributed by atoms with van der Waals surface area (Å²) in [5, 5.41) is 3.38. The number of nitrogens with zero attached hydrogens (tertiary/aromatic N) is 1. The van der Waals surface area contributed by atoms with Crippen molar-refractivity contribution in [1.82, 2.24) is 5.32 Å². The van der Waals surface area contributed by atoms with E-state index in [4.69, 9.17) is 18.9 Å². The van der Waals surface area contributed by atoms with Crippen molar-refractivity contribution in [1.29, 1.82) is 0 Å². The molecular weight excluding hydrogens is 496 g/mol. The third kappa shape index (κ3) is 4.53. The Labute approximate surface area is 220 Å². The number of ether oxygens (including phenoxy) is 4. The third-order valence-electron chi connectivity index (χ3n) is 7.09. The van der Waals surface area contributed by atoms with Gasteiger partial charge in [0.1, 0.15) is 22.8 Å². The average molecular weight is 529 g/mol. The smallest absolute Gasteiger partial charge is 0.326 e. The van der Waals surface area contributed by atoms with Crippen molar-refractivity contribution in [2.45, 2.75) is 24.9 Å². The predicted molar refractivity (Wildman–Crippen MR) is 140 cm³/mol. The Morgan fingerprint density at radius 1 is 1.03 bits per heavy atom. The van der Waals surface area contributed by atoms with E-state index in [-0.39, 0.29) is 5.91 Å². The summed E-state index contributed by atoms with van der Waals surface area (Å²) in [4.78, 5) is 42.6. The topological polar surface area (TPSA) is 103 Å². The average Bonchev–Trinajstić information content (AvgIpc) is 3.40. The van der Waals surface area contributed by atoms with Crippen LogP contribution in [-0.4, -0.2) is 63.3 Å². The van der Waals surface area contributed by atoms with E-state index >= 15 is 0 Å². The normalized spacial score (nSPS) is 24.7. The summed E-state index contributed by atoms with van der Waals surface area (Å²) >= 11 is 1.55. The molecule has 0 aliphatic carbocycles. The van der Waals surface area contributed by atoms with E-state index < -0.39 is 35.3 Å². The number of amides is 2. The third-order valence-corrected chi connectivity index (χ3v) is 7.70. The molecule has 0 spiro atoms. The van der Waals surface area contributed by atoms with E-state index in [0.29, 0.717) is 47.3 Å². The number of rotatable bonds is 10. The molecule has 37 heavy (non-hydrogen) atoms. The van der Waals surface area contributed by atoms with Crippen molar-refractivity contribution in [3.8, 4) is 17.2 Å². The summed E-state index contributed by atoms with van der Waals surface area (Å²) < 4.78 is 21.7. The fourth-order valence-corrected chi connectivity index (χ4v) is 5.95. The monoisotopic (exact) mass is 528 g/mol. The van der Waals surface area contributed by atoms with Gasteiger partial charge in [0.15, 0.2) is 0 Å². The molecule has 4 rings (SSSR count). The summed E-state index contributed by atoms with van der Waals surface area (Å²) in [5.74, 6) is -0.897. The summed E-state index contributed by atoms with van der Waals surface area (Å²) in [6.07, 6.45) is 2.24. The number of benzene rings is 2. The van der Waals surface area contributed by atoms with Crippen molar-refractivity contribution >= 4 is 35.2 Å². The Morgan fingerprint density at radius 2 is 1.73 bits per heavy atom. The molecule has 1 N–H and O–H groups in total. The lowest BCUT2D eigenvalue weighted by Crippen LogP contribution is -2.56. The lowest BCUT2D eigenvalue weighted by Gasteiger charge is -2.32. The molecule has 10 heteroatoms. The molecule has 9 nitrogen and oxygen atoms in total. The molecule has 0 radical (unpaired) electrons. The number of esters is 1. The van der Waals surface area contributed by atoms with Crippen LogP contribution in [0.3, 0.4) is 0 Å². The van der Waals surface area contributed by atoms with Crippen LogP contribution >= 0.6 is 11.8 Å². The molecule has 4 atom stereocenters. The van der Waals surface area contributed by atoms with E-state index in [0.717, 1.165) is 0 Å². The highest BCUT2D eigenvalue weighted by atomic mass is 32.2. The number of carbonyl (C=O) groups is 3. The fraction of sp³-hybridized carbons (Fsp3) is 0.444. The standard InChI is InChI=1S/C27H32N2O7S/c1-6-36-17-9-7-16(8-10-17)29-24(30)21-22(25(29)31)27(13-14-37-5,26(32)35-4)28-23(21)19-12-11-18(33-2)15-20(19)34-3/h7-12,15,21-23,28H,6,13-14H2,1-5H3/t21-,22-,23+,27+/m0/s1. The molecule has 0 unspecified atom stereocenters. The summed E-state index contributed by atoms with van der Waals surface area (Å²) in [6.45, 7) is 2.38.